The van der Waals surface area contributed by atoms with Gasteiger partial charge in [0.2, 0.25) is 0 Å². The molecule has 5 aromatic carbocycles. The van der Waals surface area contributed by atoms with Gasteiger partial charge in [-0.3, -0.25) is 0 Å². The fourth-order valence-corrected chi connectivity index (χ4v) is 6.53. The Morgan fingerprint density at radius 2 is 0.912 bits per heavy atom. The molecule has 0 aliphatic heterocycles. The highest BCUT2D eigenvalue weighted by atomic mass is 32.1. The Bertz CT molecular complexity index is 1720. The molecule has 0 N–H and O–H groups in total. The summed E-state index contributed by atoms with van der Waals surface area (Å²) in [5.41, 5.74) is 7.01. The number of thiazole rings is 2. The quantitative estimate of drug-likeness (QED) is 0.234. The average Bonchev–Trinajstić information content (AvgIpc) is 3.45. The molecule has 0 radical (unpaired) electrons. The molecule has 0 aliphatic rings. The van der Waals surface area contributed by atoms with Crippen LogP contribution in [-0.2, 0) is 0 Å². The fourth-order valence-electron chi connectivity index (χ4n) is 4.54. The molecule has 4 heteroatoms. The summed E-state index contributed by atoms with van der Waals surface area (Å²) in [6.07, 6.45) is 0. The van der Waals surface area contributed by atoms with Crippen LogP contribution in [-0.4, -0.2) is 9.97 Å². The van der Waals surface area contributed by atoms with Crippen molar-refractivity contribution < 1.29 is 0 Å². The second kappa shape index (κ2) is 7.45. The van der Waals surface area contributed by atoms with Crippen LogP contribution < -0.4 is 0 Å². The van der Waals surface area contributed by atoms with Crippen LogP contribution in [0.25, 0.3) is 63.1 Å². The van der Waals surface area contributed by atoms with Crippen LogP contribution in [0, 0.1) is 13.8 Å². The summed E-state index contributed by atoms with van der Waals surface area (Å²) < 4.78 is 2.45. The van der Waals surface area contributed by atoms with Crippen molar-refractivity contribution >= 4 is 64.7 Å². The molecular formula is C30H20N2S2. The van der Waals surface area contributed by atoms with Gasteiger partial charge in [0.25, 0.3) is 0 Å². The molecule has 7 aromatic rings. The van der Waals surface area contributed by atoms with E-state index < -0.39 is 0 Å². The van der Waals surface area contributed by atoms with E-state index in [1.54, 1.807) is 22.7 Å². The van der Waals surface area contributed by atoms with Gasteiger partial charge >= 0.3 is 0 Å². The predicted molar refractivity (Wildman–Crippen MR) is 148 cm³/mol. The molecule has 7 rings (SSSR count). The molecule has 0 aliphatic carbocycles. The molecule has 0 bridgehead atoms. The zero-order chi connectivity index (χ0) is 22.8. The summed E-state index contributed by atoms with van der Waals surface area (Å²) in [7, 11) is 0. The maximum Gasteiger partial charge on any atom is 0.124 e. The zero-order valence-electron chi connectivity index (χ0n) is 18.8. The minimum atomic E-state index is 1.06. The van der Waals surface area contributed by atoms with E-state index in [0.29, 0.717) is 0 Å². The minimum absolute atomic E-state index is 1.06. The second-order valence-corrected chi connectivity index (χ2v) is 11.0. The fraction of sp³-hybridized carbons (Fsp3) is 0.0667. The highest BCUT2D eigenvalue weighted by Crippen LogP contribution is 2.38. The van der Waals surface area contributed by atoms with E-state index in [4.69, 9.17) is 9.97 Å². The lowest BCUT2D eigenvalue weighted by Crippen LogP contribution is -1.80. The second-order valence-electron chi connectivity index (χ2n) is 8.92. The lowest BCUT2D eigenvalue weighted by atomic mass is 10.0. The molecule has 0 fully saturated rings. The maximum atomic E-state index is 4.95. The third-order valence-corrected chi connectivity index (χ3v) is 8.58. The molecule has 0 unspecified atom stereocenters. The first-order valence-electron chi connectivity index (χ1n) is 11.3. The highest BCUT2D eigenvalue weighted by molar-refractivity contribution is 7.22. The van der Waals surface area contributed by atoms with Gasteiger partial charge < -0.3 is 0 Å². The van der Waals surface area contributed by atoms with E-state index in [2.05, 4.69) is 98.8 Å². The SMILES string of the molecule is Cc1ccc(-c2nc3cc4ccc5cc6nc(-c7ccc(C)cc7)sc6cc5c4cc3s2)cc1. The molecule has 2 nitrogen and oxygen atoms in total. The summed E-state index contributed by atoms with van der Waals surface area (Å²) in [4.78, 5) is 9.89. The van der Waals surface area contributed by atoms with E-state index in [1.807, 2.05) is 0 Å². The van der Waals surface area contributed by atoms with Crippen molar-refractivity contribution in [2.45, 2.75) is 13.8 Å². The zero-order valence-corrected chi connectivity index (χ0v) is 20.4. The summed E-state index contributed by atoms with van der Waals surface area (Å²) in [6, 6.07) is 30.7. The Hall–Kier alpha value is -3.60. The van der Waals surface area contributed by atoms with E-state index in [0.717, 1.165) is 21.0 Å². The topological polar surface area (TPSA) is 25.8 Å². The molecule has 2 aromatic heterocycles. The summed E-state index contributed by atoms with van der Waals surface area (Å²) in [5.74, 6) is 0. The Morgan fingerprint density at radius 3 is 1.32 bits per heavy atom. The van der Waals surface area contributed by atoms with Crippen LogP contribution in [0.3, 0.4) is 0 Å². The normalized spacial score (nSPS) is 11.8. The van der Waals surface area contributed by atoms with Crippen LogP contribution in [0.5, 0.6) is 0 Å². The molecule has 34 heavy (non-hydrogen) atoms. The molecule has 0 saturated heterocycles. The Morgan fingerprint density at radius 1 is 0.500 bits per heavy atom. The van der Waals surface area contributed by atoms with Gasteiger partial charge in [0, 0.05) is 11.1 Å². The first kappa shape index (κ1) is 19.8. The van der Waals surface area contributed by atoms with Gasteiger partial charge in [-0.2, -0.15) is 0 Å². The molecule has 0 atom stereocenters. The monoisotopic (exact) mass is 472 g/mol. The van der Waals surface area contributed by atoms with Crippen molar-refractivity contribution in [1.29, 1.82) is 0 Å². The van der Waals surface area contributed by atoms with Gasteiger partial charge in [-0.1, -0.05) is 71.8 Å². The Labute approximate surface area is 205 Å². The molecule has 0 spiro atoms. The van der Waals surface area contributed by atoms with Crippen LogP contribution >= 0.6 is 22.7 Å². The average molecular weight is 473 g/mol. The van der Waals surface area contributed by atoms with E-state index in [9.17, 15) is 0 Å². The third-order valence-electron chi connectivity index (χ3n) is 6.45. The van der Waals surface area contributed by atoms with Crippen molar-refractivity contribution in [2.75, 3.05) is 0 Å². The van der Waals surface area contributed by atoms with Gasteiger partial charge in [0.05, 0.1) is 20.4 Å². The summed E-state index contributed by atoms with van der Waals surface area (Å²) >= 11 is 3.53. The van der Waals surface area contributed by atoms with E-state index in [1.165, 1.54) is 53.2 Å². The lowest BCUT2D eigenvalue weighted by Gasteiger charge is -2.04. The van der Waals surface area contributed by atoms with Gasteiger partial charge in [-0.25, -0.2) is 9.97 Å². The minimum Gasteiger partial charge on any atom is -0.236 e. The maximum absolute atomic E-state index is 4.95. The Kier molecular flexibility index (Phi) is 4.35. The van der Waals surface area contributed by atoms with Crippen molar-refractivity contribution in [3.8, 4) is 21.1 Å². The number of aromatic nitrogens is 2. The van der Waals surface area contributed by atoms with Gasteiger partial charge in [-0.05, 0) is 59.7 Å². The lowest BCUT2D eigenvalue weighted by molar-refractivity contribution is 1.44. The number of hydrogen-bond donors (Lipinski definition) is 0. The first-order chi connectivity index (χ1) is 16.6. The van der Waals surface area contributed by atoms with Gasteiger partial charge in [0.1, 0.15) is 10.0 Å². The third kappa shape index (κ3) is 3.22. The molecule has 0 saturated carbocycles. The first-order valence-corrected chi connectivity index (χ1v) is 13.0. The van der Waals surface area contributed by atoms with Crippen molar-refractivity contribution in [3.05, 3.63) is 96.1 Å². The number of aryl methyl sites for hydroxylation is 2. The van der Waals surface area contributed by atoms with Crippen molar-refractivity contribution in [3.63, 3.8) is 0 Å². The largest absolute Gasteiger partial charge is 0.236 e. The van der Waals surface area contributed by atoms with Crippen molar-refractivity contribution in [2.24, 2.45) is 0 Å². The van der Waals surface area contributed by atoms with E-state index >= 15 is 0 Å². The standard InChI is InChI=1S/C30H20N2S2/c1-17-3-7-19(8-4-17)29-31-25-13-21-11-12-22-14-26-28(16-24(22)23(21)15-27(25)33-29)34-30(32-26)20-9-5-18(2)6-10-20/h3-16H,1-2H3. The Balaban J connectivity index is 1.41. The summed E-state index contributed by atoms with van der Waals surface area (Å²) in [6.45, 7) is 4.23. The van der Waals surface area contributed by atoms with E-state index in [-0.39, 0.29) is 0 Å². The van der Waals surface area contributed by atoms with Crippen LogP contribution in [0.2, 0.25) is 0 Å². The van der Waals surface area contributed by atoms with Gasteiger partial charge in [0.15, 0.2) is 0 Å². The smallest absolute Gasteiger partial charge is 0.124 e. The number of rotatable bonds is 2. The van der Waals surface area contributed by atoms with Crippen molar-refractivity contribution in [1.82, 2.24) is 9.97 Å². The number of fused-ring (bicyclic) bond motifs is 5. The van der Waals surface area contributed by atoms with Crippen LogP contribution in [0.4, 0.5) is 0 Å². The molecular weight excluding hydrogens is 452 g/mol. The molecule has 2 heterocycles. The summed E-state index contributed by atoms with van der Waals surface area (Å²) in [5, 5.41) is 7.14. The molecule has 162 valence electrons. The van der Waals surface area contributed by atoms with Crippen LogP contribution in [0.15, 0.2) is 84.9 Å². The number of benzene rings is 5. The molecule has 0 amide bonds. The highest BCUT2D eigenvalue weighted by Gasteiger charge is 2.12. The number of nitrogens with zero attached hydrogens (tertiary/aromatic N) is 2. The predicted octanol–water partition coefficient (Wildman–Crippen LogP) is 9.16. The number of hydrogen-bond acceptors (Lipinski definition) is 4. The van der Waals surface area contributed by atoms with Crippen LogP contribution in [0.1, 0.15) is 11.1 Å². The van der Waals surface area contributed by atoms with Gasteiger partial charge in [-0.15, -0.1) is 22.7 Å².